The number of carbonyl (C=O) groups is 3. The minimum absolute atomic E-state index is 0.0383. The summed E-state index contributed by atoms with van der Waals surface area (Å²) < 4.78 is 0. The molecular formula is C28H30N8O3. The zero-order valence-electron chi connectivity index (χ0n) is 22.0. The molecular weight excluding hydrogens is 496 g/mol. The fourth-order valence-electron chi connectivity index (χ4n) is 4.83. The molecule has 39 heavy (non-hydrogen) atoms. The molecule has 3 N–H and O–H groups in total. The smallest absolute Gasteiger partial charge is 0.251 e. The Labute approximate surface area is 225 Å². The Morgan fingerprint density at radius 2 is 1.82 bits per heavy atom. The van der Waals surface area contributed by atoms with Crippen LogP contribution in [-0.4, -0.2) is 64.0 Å². The van der Waals surface area contributed by atoms with E-state index in [4.69, 9.17) is 0 Å². The molecule has 0 saturated heterocycles. The molecule has 5 rings (SSSR count). The van der Waals surface area contributed by atoms with Crippen molar-refractivity contribution in [3.05, 3.63) is 77.6 Å². The van der Waals surface area contributed by atoms with Crippen molar-refractivity contribution in [3.63, 3.8) is 0 Å². The molecule has 0 bridgehead atoms. The van der Waals surface area contributed by atoms with Crippen LogP contribution >= 0.6 is 0 Å². The van der Waals surface area contributed by atoms with E-state index in [1.165, 1.54) is 4.90 Å². The van der Waals surface area contributed by atoms with Crippen LogP contribution in [-0.2, 0) is 27.3 Å². The van der Waals surface area contributed by atoms with Crippen molar-refractivity contribution in [2.45, 2.75) is 38.9 Å². The summed E-state index contributed by atoms with van der Waals surface area (Å²) in [5, 5.41) is 21.4. The minimum atomic E-state index is -0.979. The summed E-state index contributed by atoms with van der Waals surface area (Å²) in [7, 11) is 1.67. The van der Waals surface area contributed by atoms with Crippen LogP contribution in [0.15, 0.2) is 60.7 Å². The van der Waals surface area contributed by atoms with Crippen molar-refractivity contribution in [3.8, 4) is 0 Å². The number of rotatable bonds is 7. The third kappa shape index (κ3) is 5.21. The van der Waals surface area contributed by atoms with E-state index in [1.54, 1.807) is 18.9 Å². The lowest BCUT2D eigenvalue weighted by atomic mass is 9.99. The van der Waals surface area contributed by atoms with Gasteiger partial charge in [0, 0.05) is 0 Å². The Morgan fingerprint density at radius 3 is 2.56 bits per heavy atom. The van der Waals surface area contributed by atoms with Gasteiger partial charge in [-0.25, -0.2) is 5.10 Å². The van der Waals surface area contributed by atoms with Crippen molar-refractivity contribution in [2.24, 2.45) is 0 Å². The summed E-state index contributed by atoms with van der Waals surface area (Å²) in [6, 6.07) is 17.9. The highest BCUT2D eigenvalue weighted by atomic mass is 16.2. The number of para-hydroxylation sites is 2. The zero-order valence-corrected chi connectivity index (χ0v) is 22.0. The fraction of sp³-hybridized carbons (Fsp3) is 0.286. The van der Waals surface area contributed by atoms with Crippen LogP contribution in [0.2, 0.25) is 0 Å². The van der Waals surface area contributed by atoms with Crippen LogP contribution < -0.4 is 20.4 Å². The molecule has 2 atom stereocenters. The van der Waals surface area contributed by atoms with Gasteiger partial charge in [-0.05, 0) is 65.4 Å². The number of nitrogens with one attached hydrogen (secondary N) is 3. The predicted molar refractivity (Wildman–Crippen MR) is 147 cm³/mol. The second kappa shape index (κ2) is 11.0. The van der Waals surface area contributed by atoms with E-state index in [0.717, 1.165) is 21.9 Å². The number of amides is 3. The number of aryl methyl sites for hydroxylation is 1. The van der Waals surface area contributed by atoms with E-state index in [2.05, 4.69) is 37.3 Å². The van der Waals surface area contributed by atoms with Gasteiger partial charge in [0.05, 0.1) is 36.9 Å². The molecule has 2 heterocycles. The molecule has 0 fully saturated rings. The van der Waals surface area contributed by atoms with E-state index in [-0.39, 0.29) is 37.2 Å². The topological polar surface area (TPSA) is 136 Å². The zero-order chi connectivity index (χ0) is 27.5. The lowest BCUT2D eigenvalue weighted by Crippen LogP contribution is -2.56. The average molecular weight is 527 g/mol. The van der Waals surface area contributed by atoms with Crippen molar-refractivity contribution in [1.82, 2.24) is 31.3 Å². The molecule has 3 amide bonds. The monoisotopic (exact) mass is 526 g/mol. The minimum Gasteiger partial charge on any atom is -0.341 e. The highest BCUT2D eigenvalue weighted by molar-refractivity contribution is 6.08. The van der Waals surface area contributed by atoms with Gasteiger partial charge in [-0.15, -0.1) is 5.10 Å². The van der Waals surface area contributed by atoms with Crippen LogP contribution in [0.4, 0.5) is 11.4 Å². The van der Waals surface area contributed by atoms with Gasteiger partial charge >= 0.3 is 0 Å². The maximum atomic E-state index is 14.2. The summed E-state index contributed by atoms with van der Waals surface area (Å²) in [6.45, 7) is 3.96. The largest absolute Gasteiger partial charge is 0.341 e. The summed E-state index contributed by atoms with van der Waals surface area (Å²) >= 11 is 0. The molecule has 4 aromatic rings. The highest BCUT2D eigenvalue weighted by Gasteiger charge is 2.37. The van der Waals surface area contributed by atoms with Crippen molar-refractivity contribution in [1.29, 1.82) is 0 Å². The Kier molecular flexibility index (Phi) is 7.33. The Hall–Kier alpha value is -4.64. The maximum Gasteiger partial charge on any atom is 0.251 e. The van der Waals surface area contributed by atoms with Gasteiger partial charge < -0.3 is 20.4 Å². The number of fused-ring (bicyclic) bond motifs is 2. The SMILES string of the molecule is CN[C@@H](C)C(=O)N[C@H]1CN(C(=O)Cc2nnn[nH]2)c2ccccc2N(Cc2c(C)ccc3ccccc23)C1=O. The van der Waals surface area contributed by atoms with Gasteiger partial charge in [0.1, 0.15) is 6.04 Å². The predicted octanol–water partition coefficient (Wildman–Crippen LogP) is 1.88. The van der Waals surface area contributed by atoms with Gasteiger partial charge in [0.15, 0.2) is 5.82 Å². The van der Waals surface area contributed by atoms with E-state index in [0.29, 0.717) is 17.2 Å². The van der Waals surface area contributed by atoms with Gasteiger partial charge in [-0.3, -0.25) is 14.4 Å². The van der Waals surface area contributed by atoms with E-state index in [9.17, 15) is 14.4 Å². The van der Waals surface area contributed by atoms with Crippen LogP contribution in [0.3, 0.4) is 0 Å². The quantitative estimate of drug-likeness (QED) is 0.334. The number of carbonyl (C=O) groups excluding carboxylic acids is 3. The number of anilines is 2. The first kappa shape index (κ1) is 26.0. The lowest BCUT2D eigenvalue weighted by Gasteiger charge is -2.27. The third-order valence-electron chi connectivity index (χ3n) is 7.14. The molecule has 0 unspecified atom stereocenters. The molecule has 1 aromatic heterocycles. The average Bonchev–Trinajstić information content (AvgIpc) is 3.43. The molecule has 3 aromatic carbocycles. The van der Waals surface area contributed by atoms with Crippen LogP contribution in [0.25, 0.3) is 10.8 Å². The summed E-state index contributed by atoms with van der Waals surface area (Å²) in [5.41, 5.74) is 3.19. The summed E-state index contributed by atoms with van der Waals surface area (Å²) in [6.07, 6.45) is -0.0917. The number of nitrogens with zero attached hydrogens (tertiary/aromatic N) is 5. The van der Waals surface area contributed by atoms with Crippen molar-refractivity contribution in [2.75, 3.05) is 23.4 Å². The molecule has 0 aliphatic carbocycles. The first-order chi connectivity index (χ1) is 18.9. The molecule has 200 valence electrons. The molecule has 11 nitrogen and oxygen atoms in total. The molecule has 1 aliphatic rings. The number of benzene rings is 3. The second-order valence-electron chi connectivity index (χ2n) is 9.60. The van der Waals surface area contributed by atoms with E-state index in [1.807, 2.05) is 61.5 Å². The lowest BCUT2D eigenvalue weighted by molar-refractivity contribution is -0.128. The first-order valence-electron chi connectivity index (χ1n) is 12.8. The third-order valence-corrected chi connectivity index (χ3v) is 7.14. The van der Waals surface area contributed by atoms with Crippen LogP contribution in [0.5, 0.6) is 0 Å². The number of H-pyrrole nitrogens is 1. The van der Waals surface area contributed by atoms with Gasteiger partial charge in [-0.2, -0.15) is 0 Å². The standard InChI is InChI=1S/C28H30N8O3/c1-17-12-13-19-8-4-5-9-20(19)21(17)15-36-24-11-7-6-10-23(24)35(26(37)14-25-31-33-34-32-25)16-22(28(36)39)30-27(38)18(2)29-3/h4-13,18,22,29H,14-16H2,1-3H3,(H,30,38)(H,31,32,33,34)/t18-,22-/m0/s1. The first-order valence-corrected chi connectivity index (χ1v) is 12.8. The molecule has 0 radical (unpaired) electrons. The second-order valence-corrected chi connectivity index (χ2v) is 9.60. The van der Waals surface area contributed by atoms with Crippen LogP contribution in [0.1, 0.15) is 23.9 Å². The number of aromatic nitrogens is 4. The number of hydrogen-bond donors (Lipinski definition) is 3. The fourth-order valence-corrected chi connectivity index (χ4v) is 4.83. The molecule has 0 saturated carbocycles. The maximum absolute atomic E-state index is 14.2. The summed E-state index contributed by atoms with van der Waals surface area (Å²) in [5.74, 6) is -0.642. The molecule has 0 spiro atoms. The highest BCUT2D eigenvalue weighted by Crippen LogP contribution is 2.35. The molecule has 1 aliphatic heterocycles. The van der Waals surface area contributed by atoms with Crippen LogP contribution in [0, 0.1) is 6.92 Å². The van der Waals surface area contributed by atoms with Crippen molar-refractivity contribution < 1.29 is 14.4 Å². The van der Waals surface area contributed by atoms with Gasteiger partial charge in [0.25, 0.3) is 5.91 Å². The Bertz CT molecular complexity index is 1520. The summed E-state index contributed by atoms with van der Waals surface area (Å²) in [4.78, 5) is 43.9. The number of aromatic amines is 1. The van der Waals surface area contributed by atoms with Crippen molar-refractivity contribution >= 4 is 39.9 Å². The normalized spacial score (nSPS) is 16.1. The number of tetrazole rings is 1. The molecule has 11 heteroatoms. The number of hydrogen-bond acceptors (Lipinski definition) is 7. The van der Waals surface area contributed by atoms with Gasteiger partial charge in [0.2, 0.25) is 11.8 Å². The Balaban J connectivity index is 1.60. The Morgan fingerprint density at radius 1 is 1.08 bits per heavy atom. The van der Waals surface area contributed by atoms with Gasteiger partial charge in [-0.1, -0.05) is 48.5 Å². The van der Waals surface area contributed by atoms with E-state index >= 15 is 0 Å². The van der Waals surface area contributed by atoms with E-state index < -0.39 is 12.1 Å². The number of likely N-dealkylation sites (N-methyl/N-ethyl adjacent to an activating group) is 1.